The third-order valence-electron chi connectivity index (χ3n) is 2.17. The molecule has 0 saturated carbocycles. The van der Waals surface area contributed by atoms with E-state index in [1.165, 1.54) is 14.0 Å². The number of carbonyl (C=O) groups is 2. The number of ketones is 1. The van der Waals surface area contributed by atoms with Crippen LogP contribution in [0.2, 0.25) is 0 Å². The summed E-state index contributed by atoms with van der Waals surface area (Å²) in [5.74, 6) is -1.62. The molecule has 0 heterocycles. The molecule has 4 nitrogen and oxygen atoms in total. The number of unbranched alkanes of at least 4 members (excludes halogenated alkanes) is 1. The number of carbonyl (C=O) groups excluding carboxylic acids is 2. The molecule has 2 atom stereocenters. The van der Waals surface area contributed by atoms with Crippen molar-refractivity contribution < 1.29 is 19.4 Å². The summed E-state index contributed by atoms with van der Waals surface area (Å²) in [6.07, 6.45) is 0.973. The number of Topliss-reactive ketones (excluding diaryl/α,β-unsaturated/α-hetero) is 1. The Bertz CT molecular complexity index is 200. The molecule has 14 heavy (non-hydrogen) atoms. The van der Waals surface area contributed by atoms with E-state index in [-0.39, 0.29) is 0 Å². The van der Waals surface area contributed by atoms with Gasteiger partial charge in [0.25, 0.3) is 0 Å². The number of methoxy groups -OCH3 is 1. The number of hydrogen-bond donors (Lipinski definition) is 1. The summed E-state index contributed by atoms with van der Waals surface area (Å²) in [5.41, 5.74) is 0. The molecule has 0 aliphatic heterocycles. The van der Waals surface area contributed by atoms with Gasteiger partial charge in [-0.05, 0) is 13.3 Å². The summed E-state index contributed by atoms with van der Waals surface area (Å²) < 4.78 is 4.53. The number of rotatable bonds is 6. The molecular formula is C10H18O4. The van der Waals surface area contributed by atoms with E-state index in [0.717, 1.165) is 12.8 Å². The molecule has 0 aliphatic carbocycles. The van der Waals surface area contributed by atoms with Gasteiger partial charge in [0.1, 0.15) is 6.10 Å². The van der Waals surface area contributed by atoms with E-state index in [9.17, 15) is 14.7 Å². The van der Waals surface area contributed by atoms with Crippen LogP contribution in [0.3, 0.4) is 0 Å². The van der Waals surface area contributed by atoms with Crippen molar-refractivity contribution in [3.8, 4) is 0 Å². The largest absolute Gasteiger partial charge is 0.469 e. The molecule has 4 heteroatoms. The Morgan fingerprint density at radius 2 is 2.00 bits per heavy atom. The maximum atomic E-state index is 11.2. The number of aliphatic hydroxyl groups is 1. The minimum atomic E-state index is -1.23. The van der Waals surface area contributed by atoms with Crippen LogP contribution in [0, 0.1) is 5.92 Å². The van der Waals surface area contributed by atoms with Gasteiger partial charge in [-0.2, -0.15) is 0 Å². The molecule has 0 fully saturated rings. The summed E-state index contributed by atoms with van der Waals surface area (Å²) in [6, 6.07) is 0. The van der Waals surface area contributed by atoms with Gasteiger partial charge in [0.05, 0.1) is 13.0 Å². The zero-order valence-corrected chi connectivity index (χ0v) is 8.95. The van der Waals surface area contributed by atoms with Gasteiger partial charge >= 0.3 is 5.97 Å². The Morgan fingerprint density at radius 1 is 1.43 bits per heavy atom. The lowest BCUT2D eigenvalue weighted by Crippen LogP contribution is -2.34. The average Bonchev–Trinajstić information content (AvgIpc) is 2.17. The topological polar surface area (TPSA) is 63.6 Å². The Balaban J connectivity index is 4.37. The average molecular weight is 202 g/mol. The lowest BCUT2D eigenvalue weighted by atomic mass is 9.94. The van der Waals surface area contributed by atoms with Gasteiger partial charge in [0.15, 0.2) is 5.78 Å². The molecule has 0 spiro atoms. The maximum absolute atomic E-state index is 11.2. The molecule has 0 amide bonds. The second-order valence-corrected chi connectivity index (χ2v) is 3.33. The molecule has 0 rings (SSSR count). The van der Waals surface area contributed by atoms with Crippen molar-refractivity contribution in [2.45, 2.75) is 39.2 Å². The highest BCUT2D eigenvalue weighted by Gasteiger charge is 2.29. The fourth-order valence-corrected chi connectivity index (χ4v) is 1.26. The van der Waals surface area contributed by atoms with E-state index in [0.29, 0.717) is 6.42 Å². The highest BCUT2D eigenvalue weighted by atomic mass is 16.5. The van der Waals surface area contributed by atoms with Crippen molar-refractivity contribution in [2.75, 3.05) is 7.11 Å². The summed E-state index contributed by atoms with van der Waals surface area (Å²) in [4.78, 5) is 22.1. The van der Waals surface area contributed by atoms with E-state index < -0.39 is 23.8 Å². The van der Waals surface area contributed by atoms with Gasteiger partial charge in [0, 0.05) is 0 Å². The molecule has 0 radical (unpaired) electrons. The first-order valence-electron chi connectivity index (χ1n) is 4.80. The normalized spacial score (nSPS) is 14.6. The van der Waals surface area contributed by atoms with E-state index in [4.69, 9.17) is 0 Å². The van der Waals surface area contributed by atoms with Crippen LogP contribution in [0.1, 0.15) is 33.1 Å². The zero-order valence-electron chi connectivity index (χ0n) is 8.95. The van der Waals surface area contributed by atoms with Crippen LogP contribution in [0.4, 0.5) is 0 Å². The van der Waals surface area contributed by atoms with Crippen LogP contribution in [0.5, 0.6) is 0 Å². The predicted molar refractivity (Wildman–Crippen MR) is 51.7 cm³/mol. The molecule has 2 unspecified atom stereocenters. The van der Waals surface area contributed by atoms with Gasteiger partial charge in [-0.15, -0.1) is 0 Å². The van der Waals surface area contributed by atoms with Crippen LogP contribution >= 0.6 is 0 Å². The molecule has 0 saturated heterocycles. The van der Waals surface area contributed by atoms with E-state index in [1.54, 1.807) is 0 Å². The third kappa shape index (κ3) is 3.87. The summed E-state index contributed by atoms with van der Waals surface area (Å²) in [7, 11) is 1.26. The smallest absolute Gasteiger partial charge is 0.311 e. The van der Waals surface area contributed by atoms with Gasteiger partial charge < -0.3 is 9.84 Å². The van der Waals surface area contributed by atoms with E-state index in [1.807, 2.05) is 6.92 Å². The van der Waals surface area contributed by atoms with Crippen molar-refractivity contribution in [1.82, 2.24) is 0 Å². The van der Waals surface area contributed by atoms with Gasteiger partial charge in [-0.3, -0.25) is 9.59 Å². The van der Waals surface area contributed by atoms with Crippen molar-refractivity contribution in [1.29, 1.82) is 0 Å². The molecular weight excluding hydrogens is 184 g/mol. The van der Waals surface area contributed by atoms with Crippen molar-refractivity contribution in [2.24, 2.45) is 5.92 Å². The zero-order chi connectivity index (χ0) is 11.1. The van der Waals surface area contributed by atoms with E-state index in [2.05, 4.69) is 4.74 Å². The number of ether oxygens (including phenoxy) is 1. The molecule has 82 valence electrons. The molecule has 0 aromatic heterocycles. The molecule has 0 aromatic rings. The van der Waals surface area contributed by atoms with Crippen molar-refractivity contribution in [3.63, 3.8) is 0 Å². The number of esters is 1. The highest BCUT2D eigenvalue weighted by molar-refractivity contribution is 5.86. The van der Waals surface area contributed by atoms with Gasteiger partial charge in [0.2, 0.25) is 0 Å². The van der Waals surface area contributed by atoms with Crippen molar-refractivity contribution in [3.05, 3.63) is 0 Å². The van der Waals surface area contributed by atoms with Crippen LogP contribution in [0.15, 0.2) is 0 Å². The maximum Gasteiger partial charge on any atom is 0.311 e. The van der Waals surface area contributed by atoms with Crippen LogP contribution in [-0.4, -0.2) is 30.1 Å². The standard InChI is InChI=1S/C10H18O4/c1-4-5-6-8(10(13)14-3)9(12)7(2)11/h8-9,12H,4-6H2,1-3H3. The monoisotopic (exact) mass is 202 g/mol. The SMILES string of the molecule is CCCCC(C(=O)OC)C(O)C(C)=O. The fourth-order valence-electron chi connectivity index (χ4n) is 1.26. The molecule has 1 N–H and O–H groups in total. The number of aliphatic hydroxyl groups excluding tert-OH is 1. The first kappa shape index (κ1) is 13.1. The molecule has 0 aromatic carbocycles. The Hall–Kier alpha value is -0.900. The minimum absolute atomic E-state index is 0.392. The first-order chi connectivity index (χ1) is 6.54. The molecule has 0 bridgehead atoms. The Morgan fingerprint density at radius 3 is 2.36 bits per heavy atom. The van der Waals surface area contributed by atoms with Crippen LogP contribution in [-0.2, 0) is 14.3 Å². The lowest BCUT2D eigenvalue weighted by molar-refractivity contribution is -0.153. The van der Waals surface area contributed by atoms with Gasteiger partial charge in [-0.25, -0.2) is 0 Å². The summed E-state index contributed by atoms with van der Waals surface area (Å²) >= 11 is 0. The van der Waals surface area contributed by atoms with Crippen molar-refractivity contribution >= 4 is 11.8 Å². The lowest BCUT2D eigenvalue weighted by Gasteiger charge is -2.17. The fraction of sp³-hybridized carbons (Fsp3) is 0.800. The minimum Gasteiger partial charge on any atom is -0.469 e. The Kier molecular flexibility index (Phi) is 6.12. The second kappa shape index (κ2) is 6.54. The quantitative estimate of drug-likeness (QED) is 0.650. The highest BCUT2D eigenvalue weighted by Crippen LogP contribution is 2.15. The Labute approximate surface area is 84.3 Å². The first-order valence-corrected chi connectivity index (χ1v) is 4.80. The van der Waals surface area contributed by atoms with Gasteiger partial charge in [-0.1, -0.05) is 19.8 Å². The van der Waals surface area contributed by atoms with Crippen LogP contribution < -0.4 is 0 Å². The predicted octanol–water partition coefficient (Wildman–Crippen LogP) is 0.916. The summed E-state index contributed by atoms with van der Waals surface area (Å²) in [5, 5.41) is 9.46. The summed E-state index contributed by atoms with van der Waals surface area (Å²) in [6.45, 7) is 3.25. The third-order valence-corrected chi connectivity index (χ3v) is 2.17. The molecule has 0 aliphatic rings. The second-order valence-electron chi connectivity index (χ2n) is 3.33. The van der Waals surface area contributed by atoms with E-state index >= 15 is 0 Å². The van der Waals surface area contributed by atoms with Crippen LogP contribution in [0.25, 0.3) is 0 Å². The number of hydrogen-bond acceptors (Lipinski definition) is 4.